The zero-order valence-electron chi connectivity index (χ0n) is 16.9. The molecule has 1 N–H and O–H groups in total. The minimum Gasteiger partial charge on any atom is -0.355 e. The number of hydrogen-bond donors (Lipinski definition) is 1. The van der Waals surface area contributed by atoms with E-state index >= 15 is 0 Å². The van der Waals surface area contributed by atoms with Crippen LogP contribution >= 0.6 is 11.3 Å². The van der Waals surface area contributed by atoms with Gasteiger partial charge in [-0.15, -0.1) is 10.2 Å². The summed E-state index contributed by atoms with van der Waals surface area (Å²) in [6.45, 7) is 9.90. The molecule has 2 aromatic rings. The Morgan fingerprint density at radius 2 is 1.82 bits per heavy atom. The van der Waals surface area contributed by atoms with Crippen molar-refractivity contribution < 1.29 is 4.79 Å². The van der Waals surface area contributed by atoms with Crippen LogP contribution in [0.4, 0.5) is 5.13 Å². The van der Waals surface area contributed by atoms with Crippen molar-refractivity contribution in [2.24, 2.45) is 5.92 Å². The van der Waals surface area contributed by atoms with E-state index in [-0.39, 0.29) is 11.8 Å². The quantitative estimate of drug-likeness (QED) is 0.804. The lowest BCUT2D eigenvalue weighted by molar-refractivity contribution is -0.125. The molecule has 2 aliphatic heterocycles. The van der Waals surface area contributed by atoms with Gasteiger partial charge in [-0.05, 0) is 64.8 Å². The summed E-state index contributed by atoms with van der Waals surface area (Å²) in [4.78, 5) is 17.3. The van der Waals surface area contributed by atoms with E-state index in [0.29, 0.717) is 0 Å². The molecule has 0 radical (unpaired) electrons. The molecule has 0 spiro atoms. The number of hydrogen-bond acceptors (Lipinski definition) is 6. The fourth-order valence-corrected chi connectivity index (χ4v) is 5.25. The van der Waals surface area contributed by atoms with Crippen molar-refractivity contribution >= 4 is 22.4 Å². The normalized spacial score (nSPS) is 20.6. The van der Waals surface area contributed by atoms with E-state index < -0.39 is 0 Å². The Labute approximate surface area is 170 Å². The number of aromatic nitrogens is 3. The van der Waals surface area contributed by atoms with Crippen molar-refractivity contribution in [3.05, 3.63) is 23.5 Å². The van der Waals surface area contributed by atoms with Gasteiger partial charge in [0.25, 0.3) is 0 Å². The molecule has 0 saturated carbocycles. The van der Waals surface area contributed by atoms with Crippen LogP contribution in [0.1, 0.15) is 37.1 Å². The Hall–Kier alpha value is -1.93. The molecule has 8 heteroatoms. The highest BCUT2D eigenvalue weighted by molar-refractivity contribution is 7.17. The molecule has 2 aliphatic rings. The lowest BCUT2D eigenvalue weighted by atomic mass is 9.97. The zero-order chi connectivity index (χ0) is 19.5. The standard InChI is InChI=1S/C20H30N6OS/c1-15-7-8-16(2)26(15)20-23-22-19(28-20)25-12-5-6-17(14-25)18(27)21-9-13-24-10-3-4-11-24/h7-8,17H,3-6,9-14H2,1-2H3,(H,21,27)/t17-/m0/s1. The van der Waals surface area contributed by atoms with Crippen molar-refractivity contribution in [3.8, 4) is 5.13 Å². The predicted molar refractivity (Wildman–Crippen MR) is 112 cm³/mol. The van der Waals surface area contributed by atoms with Gasteiger partial charge in [0.15, 0.2) is 0 Å². The number of carbonyl (C=O) groups is 1. The number of carbonyl (C=O) groups excluding carboxylic acids is 1. The van der Waals surface area contributed by atoms with Gasteiger partial charge in [-0.25, -0.2) is 0 Å². The number of aryl methyl sites for hydroxylation is 2. The molecular formula is C20H30N6OS. The molecule has 0 bridgehead atoms. The molecule has 152 valence electrons. The summed E-state index contributed by atoms with van der Waals surface area (Å²) in [6.07, 6.45) is 4.54. The first-order valence-corrected chi connectivity index (χ1v) is 11.2. The van der Waals surface area contributed by atoms with E-state index in [1.54, 1.807) is 11.3 Å². The first kappa shape index (κ1) is 19.4. The Morgan fingerprint density at radius 3 is 2.57 bits per heavy atom. The van der Waals surface area contributed by atoms with Crippen LogP contribution in [0.2, 0.25) is 0 Å². The summed E-state index contributed by atoms with van der Waals surface area (Å²) in [5, 5.41) is 13.8. The van der Waals surface area contributed by atoms with Crippen LogP contribution < -0.4 is 10.2 Å². The van der Waals surface area contributed by atoms with E-state index in [2.05, 4.69) is 55.9 Å². The summed E-state index contributed by atoms with van der Waals surface area (Å²) >= 11 is 1.60. The number of likely N-dealkylation sites (tertiary alicyclic amines) is 1. The minimum absolute atomic E-state index is 0.0368. The fourth-order valence-electron chi connectivity index (χ4n) is 4.25. The van der Waals surface area contributed by atoms with Gasteiger partial charge in [0, 0.05) is 37.6 Å². The molecule has 1 atom stereocenters. The van der Waals surface area contributed by atoms with Gasteiger partial charge < -0.3 is 15.1 Å². The zero-order valence-corrected chi connectivity index (χ0v) is 17.7. The smallest absolute Gasteiger partial charge is 0.224 e. The van der Waals surface area contributed by atoms with Crippen molar-refractivity contribution in [2.75, 3.05) is 44.2 Å². The molecule has 0 aromatic carbocycles. The first-order valence-electron chi connectivity index (χ1n) is 10.4. The van der Waals surface area contributed by atoms with Crippen molar-refractivity contribution in [1.82, 2.24) is 25.0 Å². The molecule has 4 rings (SSSR count). The predicted octanol–water partition coefficient (Wildman–Crippen LogP) is 2.37. The second kappa shape index (κ2) is 8.61. The molecule has 2 aromatic heterocycles. The van der Waals surface area contributed by atoms with Crippen molar-refractivity contribution in [2.45, 2.75) is 39.5 Å². The topological polar surface area (TPSA) is 66.3 Å². The third-order valence-electron chi connectivity index (χ3n) is 5.85. The highest BCUT2D eigenvalue weighted by Gasteiger charge is 2.28. The molecule has 0 aliphatic carbocycles. The first-order chi connectivity index (χ1) is 13.6. The van der Waals surface area contributed by atoms with Crippen molar-refractivity contribution in [3.63, 3.8) is 0 Å². The largest absolute Gasteiger partial charge is 0.355 e. The van der Waals surface area contributed by atoms with E-state index in [9.17, 15) is 4.79 Å². The van der Waals surface area contributed by atoms with Gasteiger partial charge in [-0.3, -0.25) is 9.36 Å². The van der Waals surface area contributed by atoms with Crippen LogP contribution in [0.15, 0.2) is 12.1 Å². The number of nitrogens with zero attached hydrogens (tertiary/aromatic N) is 5. The summed E-state index contributed by atoms with van der Waals surface area (Å²) < 4.78 is 2.13. The lowest BCUT2D eigenvalue weighted by Gasteiger charge is -2.31. The fraction of sp³-hybridized carbons (Fsp3) is 0.650. The molecule has 0 unspecified atom stereocenters. The maximum atomic E-state index is 12.6. The Balaban J connectivity index is 1.34. The molecular weight excluding hydrogens is 372 g/mol. The highest BCUT2D eigenvalue weighted by Crippen LogP contribution is 2.29. The van der Waals surface area contributed by atoms with E-state index in [0.717, 1.165) is 60.7 Å². The Bertz CT molecular complexity index is 790. The Kier molecular flexibility index (Phi) is 5.96. The summed E-state index contributed by atoms with van der Waals surface area (Å²) in [6, 6.07) is 4.19. The third kappa shape index (κ3) is 4.22. The SMILES string of the molecule is Cc1ccc(C)n1-c1nnc(N2CCC[C@H](C(=O)NCCN3CCCC3)C2)s1. The second-order valence-electron chi connectivity index (χ2n) is 7.94. The Morgan fingerprint density at radius 1 is 1.11 bits per heavy atom. The number of rotatable bonds is 6. The minimum atomic E-state index is 0.0368. The molecule has 2 saturated heterocycles. The van der Waals surface area contributed by atoms with Crippen LogP contribution in [0.5, 0.6) is 0 Å². The van der Waals surface area contributed by atoms with Gasteiger partial charge in [0.2, 0.25) is 16.2 Å². The van der Waals surface area contributed by atoms with Crippen LogP contribution in [0.3, 0.4) is 0 Å². The monoisotopic (exact) mass is 402 g/mol. The van der Waals surface area contributed by atoms with Gasteiger partial charge in [-0.2, -0.15) is 0 Å². The van der Waals surface area contributed by atoms with E-state index in [4.69, 9.17) is 0 Å². The van der Waals surface area contributed by atoms with E-state index in [1.807, 2.05) is 0 Å². The number of nitrogens with one attached hydrogen (secondary N) is 1. The summed E-state index contributed by atoms with van der Waals surface area (Å²) in [7, 11) is 0. The molecule has 2 fully saturated rings. The van der Waals surface area contributed by atoms with Crippen LogP contribution in [-0.4, -0.2) is 64.8 Å². The van der Waals surface area contributed by atoms with Gasteiger partial charge in [-0.1, -0.05) is 11.3 Å². The summed E-state index contributed by atoms with van der Waals surface area (Å²) in [5.74, 6) is 0.223. The van der Waals surface area contributed by atoms with Gasteiger partial charge in [0.1, 0.15) is 0 Å². The molecule has 28 heavy (non-hydrogen) atoms. The van der Waals surface area contributed by atoms with Crippen LogP contribution in [0, 0.1) is 19.8 Å². The van der Waals surface area contributed by atoms with Gasteiger partial charge in [0.05, 0.1) is 5.92 Å². The maximum absolute atomic E-state index is 12.6. The summed E-state index contributed by atoms with van der Waals surface area (Å²) in [5.41, 5.74) is 2.32. The molecule has 4 heterocycles. The van der Waals surface area contributed by atoms with Crippen molar-refractivity contribution in [1.29, 1.82) is 0 Å². The molecule has 7 nitrogen and oxygen atoms in total. The third-order valence-corrected chi connectivity index (χ3v) is 6.82. The maximum Gasteiger partial charge on any atom is 0.224 e. The lowest BCUT2D eigenvalue weighted by Crippen LogP contribution is -2.44. The molecule has 1 amide bonds. The van der Waals surface area contributed by atoms with E-state index in [1.165, 1.54) is 25.9 Å². The van der Waals surface area contributed by atoms with Gasteiger partial charge >= 0.3 is 0 Å². The number of amides is 1. The average Bonchev–Trinajstić information content (AvgIpc) is 3.44. The number of piperidine rings is 1. The number of anilines is 1. The van der Waals surface area contributed by atoms with Crippen LogP contribution in [-0.2, 0) is 4.79 Å². The highest BCUT2D eigenvalue weighted by atomic mass is 32.1. The average molecular weight is 403 g/mol. The second-order valence-corrected chi connectivity index (χ2v) is 8.88. The van der Waals surface area contributed by atoms with Crippen LogP contribution in [0.25, 0.3) is 5.13 Å².